The molecule has 186 valence electrons. The van der Waals surface area contributed by atoms with Crippen LogP contribution in [-0.4, -0.2) is 49.1 Å². The van der Waals surface area contributed by atoms with Crippen LogP contribution in [0.25, 0.3) is 6.08 Å². The highest BCUT2D eigenvalue weighted by Crippen LogP contribution is 2.42. The first-order valence-corrected chi connectivity index (χ1v) is 12.1. The number of nitrogens with zero attached hydrogens (tertiary/aromatic N) is 2. The highest BCUT2D eigenvalue weighted by molar-refractivity contribution is 6.32. The topological polar surface area (TPSA) is 62.2 Å². The van der Waals surface area contributed by atoms with Crippen molar-refractivity contribution in [3.05, 3.63) is 87.4 Å². The van der Waals surface area contributed by atoms with E-state index < -0.39 is 5.82 Å². The monoisotopic (exact) mass is 508 g/mol. The normalized spacial score (nSPS) is 16.8. The van der Waals surface area contributed by atoms with Crippen LogP contribution in [0.4, 0.5) is 10.1 Å². The van der Waals surface area contributed by atoms with Gasteiger partial charge in [-0.2, -0.15) is 0 Å². The number of aryl methyl sites for hydroxylation is 1. The van der Waals surface area contributed by atoms with Crippen molar-refractivity contribution in [1.29, 1.82) is 0 Å². The van der Waals surface area contributed by atoms with Crippen LogP contribution >= 0.6 is 11.6 Å². The van der Waals surface area contributed by atoms with Crippen LogP contribution in [-0.2, 0) is 6.54 Å². The van der Waals surface area contributed by atoms with Gasteiger partial charge in [-0.1, -0.05) is 17.7 Å². The SMILES string of the molecule is COc1ccc(N2CCN(Cc3c(O)cc(C)c4c3O/C(=C\c3c(F)cccc3Cl)C4=O)CC2)cc1. The molecule has 1 fully saturated rings. The molecule has 0 radical (unpaired) electrons. The number of ether oxygens (including phenoxy) is 2. The van der Waals surface area contributed by atoms with Gasteiger partial charge >= 0.3 is 0 Å². The molecule has 0 aromatic heterocycles. The maximum atomic E-state index is 14.3. The van der Waals surface area contributed by atoms with Crippen LogP contribution in [0.2, 0.25) is 5.02 Å². The predicted octanol–water partition coefficient (Wildman–Crippen LogP) is 5.44. The Morgan fingerprint density at radius 3 is 2.53 bits per heavy atom. The number of rotatable bonds is 5. The molecular weight excluding hydrogens is 483 g/mol. The van der Waals surface area contributed by atoms with Crippen molar-refractivity contribution in [2.45, 2.75) is 13.5 Å². The van der Waals surface area contributed by atoms with E-state index in [0.717, 1.165) is 37.6 Å². The van der Waals surface area contributed by atoms with Crippen LogP contribution in [0.15, 0.2) is 54.3 Å². The third kappa shape index (κ3) is 4.52. The lowest BCUT2D eigenvalue weighted by atomic mass is 9.99. The number of fused-ring (bicyclic) bond motifs is 1. The van der Waals surface area contributed by atoms with E-state index in [2.05, 4.69) is 9.80 Å². The van der Waals surface area contributed by atoms with Crippen molar-refractivity contribution in [3.8, 4) is 17.2 Å². The number of anilines is 1. The average molecular weight is 509 g/mol. The Morgan fingerprint density at radius 1 is 1.14 bits per heavy atom. The van der Waals surface area contributed by atoms with E-state index in [-0.39, 0.29) is 27.9 Å². The molecule has 5 rings (SSSR count). The number of benzene rings is 3. The molecule has 0 amide bonds. The van der Waals surface area contributed by atoms with Crippen LogP contribution in [0.1, 0.15) is 27.0 Å². The van der Waals surface area contributed by atoms with Gasteiger partial charge in [-0.05, 0) is 61.0 Å². The zero-order chi connectivity index (χ0) is 25.4. The van der Waals surface area contributed by atoms with Crippen LogP contribution in [0.5, 0.6) is 17.2 Å². The number of allylic oxidation sites excluding steroid dienone is 1. The van der Waals surface area contributed by atoms with E-state index in [0.29, 0.717) is 29.0 Å². The molecular formula is C28H26ClFN2O4. The number of carbonyl (C=O) groups is 1. The molecule has 0 aliphatic carbocycles. The van der Waals surface area contributed by atoms with Crippen molar-refractivity contribution in [2.24, 2.45) is 0 Å². The molecule has 0 spiro atoms. The summed E-state index contributed by atoms with van der Waals surface area (Å²) in [5, 5.41) is 11.0. The molecule has 0 unspecified atom stereocenters. The molecule has 2 aliphatic heterocycles. The number of phenolic OH excluding ortho intramolecular Hbond substituents is 1. The minimum atomic E-state index is -0.545. The van der Waals surface area contributed by atoms with Crippen molar-refractivity contribution >= 4 is 29.1 Å². The molecule has 6 nitrogen and oxygen atoms in total. The standard InChI is InChI=1S/C28H26ClFN2O4/c1-17-14-24(33)21(16-31-10-12-32(13-11-31)18-6-8-19(35-2)9-7-18)28-26(17)27(34)25(36-28)15-20-22(29)4-3-5-23(20)30/h3-9,14-15,33H,10-13,16H2,1-2H3/b25-15-. The second-order valence-electron chi connectivity index (χ2n) is 8.93. The van der Waals surface area contributed by atoms with Gasteiger partial charge in [-0.3, -0.25) is 9.69 Å². The largest absolute Gasteiger partial charge is 0.507 e. The lowest BCUT2D eigenvalue weighted by molar-refractivity contribution is 0.101. The van der Waals surface area contributed by atoms with Crippen LogP contribution in [0, 0.1) is 12.7 Å². The number of aromatic hydroxyl groups is 1. The fraction of sp³-hybridized carbons (Fsp3) is 0.250. The molecule has 1 N–H and O–H groups in total. The number of methoxy groups -OCH3 is 1. The summed E-state index contributed by atoms with van der Waals surface area (Å²) in [6.07, 6.45) is 1.33. The summed E-state index contributed by atoms with van der Waals surface area (Å²) < 4.78 is 25.5. The molecule has 1 saturated heterocycles. The smallest absolute Gasteiger partial charge is 0.232 e. The lowest BCUT2D eigenvalue weighted by Gasteiger charge is -2.36. The summed E-state index contributed by atoms with van der Waals surface area (Å²) in [5.74, 6) is 0.303. The number of piperazine rings is 1. The summed E-state index contributed by atoms with van der Waals surface area (Å²) in [4.78, 5) is 17.7. The highest BCUT2D eigenvalue weighted by atomic mass is 35.5. The number of Topliss-reactive ketones (excluding diaryl/α,β-unsaturated/α-hetero) is 1. The summed E-state index contributed by atoms with van der Waals surface area (Å²) in [5.41, 5.74) is 2.75. The van der Waals surface area contributed by atoms with E-state index in [1.807, 2.05) is 24.3 Å². The summed E-state index contributed by atoms with van der Waals surface area (Å²) in [7, 11) is 1.65. The first kappa shape index (κ1) is 24.2. The molecule has 2 heterocycles. The molecule has 0 atom stereocenters. The van der Waals surface area contributed by atoms with Gasteiger partial charge < -0.3 is 19.5 Å². The quantitative estimate of drug-likeness (QED) is 0.463. The number of ketones is 1. The van der Waals surface area contributed by atoms with Gasteiger partial charge in [0.1, 0.15) is 23.1 Å². The molecule has 3 aromatic carbocycles. The average Bonchev–Trinajstić information content (AvgIpc) is 3.20. The van der Waals surface area contributed by atoms with Crippen LogP contribution in [0.3, 0.4) is 0 Å². The van der Waals surface area contributed by atoms with Crippen molar-refractivity contribution in [3.63, 3.8) is 0 Å². The van der Waals surface area contributed by atoms with E-state index in [1.54, 1.807) is 26.2 Å². The molecule has 8 heteroatoms. The third-order valence-electron chi connectivity index (χ3n) is 6.69. The van der Waals surface area contributed by atoms with E-state index in [1.165, 1.54) is 18.2 Å². The lowest BCUT2D eigenvalue weighted by Crippen LogP contribution is -2.46. The van der Waals surface area contributed by atoms with Crippen LogP contribution < -0.4 is 14.4 Å². The number of hydrogen-bond acceptors (Lipinski definition) is 6. The van der Waals surface area contributed by atoms with E-state index in [9.17, 15) is 14.3 Å². The van der Waals surface area contributed by atoms with E-state index >= 15 is 0 Å². The Kier molecular flexibility index (Phi) is 6.60. The summed E-state index contributed by atoms with van der Waals surface area (Å²) in [6, 6.07) is 13.9. The number of hydrogen-bond donors (Lipinski definition) is 1. The fourth-order valence-corrected chi connectivity index (χ4v) is 4.91. The molecule has 2 aliphatic rings. The Morgan fingerprint density at radius 2 is 1.86 bits per heavy atom. The zero-order valence-electron chi connectivity index (χ0n) is 20.1. The Labute approximate surface area is 214 Å². The maximum Gasteiger partial charge on any atom is 0.232 e. The van der Waals surface area contributed by atoms with Gasteiger partial charge in [-0.15, -0.1) is 0 Å². The summed E-state index contributed by atoms with van der Waals surface area (Å²) >= 11 is 6.15. The second-order valence-corrected chi connectivity index (χ2v) is 9.34. The molecule has 36 heavy (non-hydrogen) atoms. The van der Waals surface area contributed by atoms with Gasteiger partial charge in [-0.25, -0.2) is 4.39 Å². The number of phenols is 1. The maximum absolute atomic E-state index is 14.3. The Bertz CT molecular complexity index is 1330. The van der Waals surface area contributed by atoms with Gasteiger partial charge in [0.15, 0.2) is 5.76 Å². The van der Waals surface area contributed by atoms with Gasteiger partial charge in [0.2, 0.25) is 5.78 Å². The Balaban J connectivity index is 1.36. The second kappa shape index (κ2) is 9.84. The molecule has 0 saturated carbocycles. The third-order valence-corrected chi connectivity index (χ3v) is 7.02. The van der Waals surface area contributed by atoms with Gasteiger partial charge in [0.05, 0.1) is 23.3 Å². The van der Waals surface area contributed by atoms with Gasteiger partial charge in [0.25, 0.3) is 0 Å². The van der Waals surface area contributed by atoms with Gasteiger partial charge in [0, 0.05) is 44.0 Å². The fourth-order valence-electron chi connectivity index (χ4n) is 4.69. The summed E-state index contributed by atoms with van der Waals surface area (Å²) in [6.45, 7) is 5.35. The zero-order valence-corrected chi connectivity index (χ0v) is 20.8. The number of carbonyl (C=O) groups excluding carboxylic acids is 1. The first-order valence-electron chi connectivity index (χ1n) is 11.7. The minimum absolute atomic E-state index is 0.0173. The van der Waals surface area contributed by atoms with Crippen molar-refractivity contribution in [2.75, 3.05) is 38.2 Å². The molecule has 3 aromatic rings. The van der Waals surface area contributed by atoms with Crippen molar-refractivity contribution in [1.82, 2.24) is 4.90 Å². The predicted molar refractivity (Wildman–Crippen MR) is 138 cm³/mol. The van der Waals surface area contributed by atoms with Crippen molar-refractivity contribution < 1.29 is 23.8 Å². The van der Waals surface area contributed by atoms with E-state index in [4.69, 9.17) is 21.1 Å². The number of halogens is 2. The highest BCUT2D eigenvalue weighted by Gasteiger charge is 2.34. The first-order chi connectivity index (χ1) is 17.4. The molecule has 0 bridgehead atoms. The minimum Gasteiger partial charge on any atom is -0.507 e. The Hall–Kier alpha value is -3.55.